The predicted molar refractivity (Wildman–Crippen MR) is 149 cm³/mol. The molecule has 1 aliphatic rings. The number of amides is 2. The van der Waals surface area contributed by atoms with Gasteiger partial charge >= 0.3 is 0 Å². The first-order valence-corrected chi connectivity index (χ1v) is 12.6. The second-order valence-electron chi connectivity index (χ2n) is 8.94. The van der Waals surface area contributed by atoms with Crippen molar-refractivity contribution in [3.05, 3.63) is 65.2 Å². The molecule has 36 heavy (non-hydrogen) atoms. The van der Waals surface area contributed by atoms with Crippen LogP contribution in [0.1, 0.15) is 24.2 Å². The molecule has 0 unspecified atom stereocenters. The van der Waals surface area contributed by atoms with Crippen LogP contribution in [0.15, 0.2) is 54.6 Å². The van der Waals surface area contributed by atoms with Gasteiger partial charge in [0.15, 0.2) is 5.11 Å². The maximum absolute atomic E-state index is 13.1. The van der Waals surface area contributed by atoms with Crippen LogP contribution in [0.3, 0.4) is 0 Å². The monoisotopic (exact) mass is 524 g/mol. The number of carbonyl (C=O) groups excluding carboxylic acids is 2. The van der Waals surface area contributed by atoms with Crippen molar-refractivity contribution in [1.29, 1.82) is 0 Å². The van der Waals surface area contributed by atoms with Crippen molar-refractivity contribution in [3.63, 3.8) is 0 Å². The second-order valence-corrected chi connectivity index (χ2v) is 9.78. The first kappa shape index (κ1) is 25.7. The van der Waals surface area contributed by atoms with E-state index < -0.39 is 0 Å². The molecule has 1 heterocycles. The minimum Gasteiger partial charge on any atom is -0.496 e. The highest BCUT2D eigenvalue weighted by Crippen LogP contribution is 2.31. The molecular weight excluding hydrogens is 496 g/mol. The smallest absolute Gasteiger partial charge is 0.261 e. The van der Waals surface area contributed by atoms with Crippen LogP contribution in [0.5, 0.6) is 5.75 Å². The average Bonchev–Trinajstić information content (AvgIpc) is 2.87. The fraction of sp³-hybridized carbons (Fsp3) is 0.296. The molecular formula is C27H29ClN4O3S. The molecule has 0 aliphatic carbocycles. The molecule has 0 spiro atoms. The SMILES string of the molecule is COc1cc2ccccc2cc1C(=O)NC(=S)Nc1cc(Cl)ccc1N1CCN(C(=O)C(C)C)CC1. The van der Waals surface area contributed by atoms with Gasteiger partial charge in [0, 0.05) is 37.1 Å². The summed E-state index contributed by atoms with van der Waals surface area (Å²) in [5.74, 6) is 0.231. The number of anilines is 2. The Labute approximate surface area is 221 Å². The van der Waals surface area contributed by atoms with Gasteiger partial charge in [-0.25, -0.2) is 0 Å². The Bertz CT molecular complexity index is 1310. The van der Waals surface area contributed by atoms with E-state index in [1.807, 2.05) is 61.2 Å². The predicted octanol–water partition coefficient (Wildman–Crippen LogP) is 4.93. The van der Waals surface area contributed by atoms with E-state index in [2.05, 4.69) is 15.5 Å². The number of halogens is 1. The molecule has 0 bridgehead atoms. The van der Waals surface area contributed by atoms with Gasteiger partial charge in [0.25, 0.3) is 5.91 Å². The molecule has 0 saturated carbocycles. The Morgan fingerprint density at radius 1 is 1.00 bits per heavy atom. The van der Waals surface area contributed by atoms with Gasteiger partial charge in [-0.15, -0.1) is 0 Å². The minimum absolute atomic E-state index is 0.0217. The molecule has 1 fully saturated rings. The number of benzene rings is 3. The number of nitrogens with one attached hydrogen (secondary N) is 2. The third-order valence-corrected chi connectivity index (χ3v) is 6.61. The number of fused-ring (bicyclic) bond motifs is 1. The van der Waals surface area contributed by atoms with E-state index in [0.717, 1.165) is 16.5 Å². The van der Waals surface area contributed by atoms with E-state index in [-0.39, 0.29) is 22.8 Å². The third-order valence-electron chi connectivity index (χ3n) is 6.17. The Morgan fingerprint density at radius 3 is 2.31 bits per heavy atom. The van der Waals surface area contributed by atoms with Crippen LogP contribution in [-0.2, 0) is 4.79 Å². The maximum atomic E-state index is 13.1. The van der Waals surface area contributed by atoms with Gasteiger partial charge in [-0.1, -0.05) is 49.7 Å². The standard InChI is InChI=1S/C27H29ClN4O3S/c1-17(2)26(34)32-12-10-31(11-13-32)23-9-8-20(28)16-22(23)29-27(36)30-25(33)21-14-18-6-4-5-7-19(18)15-24(21)35-3/h4-9,14-17H,10-13H2,1-3H3,(H2,29,30,33,36). The van der Waals surface area contributed by atoms with Crippen molar-refractivity contribution in [2.75, 3.05) is 43.5 Å². The van der Waals surface area contributed by atoms with Gasteiger partial charge in [-0.3, -0.25) is 14.9 Å². The van der Waals surface area contributed by atoms with E-state index >= 15 is 0 Å². The summed E-state index contributed by atoms with van der Waals surface area (Å²) in [6, 6.07) is 16.9. The molecule has 2 amide bonds. The largest absolute Gasteiger partial charge is 0.496 e. The van der Waals surface area contributed by atoms with E-state index in [1.54, 1.807) is 12.1 Å². The second kappa shape index (κ2) is 11.1. The third kappa shape index (κ3) is 5.71. The van der Waals surface area contributed by atoms with Crippen LogP contribution in [0.4, 0.5) is 11.4 Å². The van der Waals surface area contributed by atoms with E-state index in [1.165, 1.54) is 7.11 Å². The summed E-state index contributed by atoms with van der Waals surface area (Å²) in [6.07, 6.45) is 0. The Morgan fingerprint density at radius 2 is 1.67 bits per heavy atom. The number of ether oxygens (including phenoxy) is 1. The molecule has 188 valence electrons. The van der Waals surface area contributed by atoms with Crippen molar-refractivity contribution in [3.8, 4) is 5.75 Å². The van der Waals surface area contributed by atoms with Crippen molar-refractivity contribution in [2.24, 2.45) is 5.92 Å². The van der Waals surface area contributed by atoms with Crippen LogP contribution in [0.2, 0.25) is 5.02 Å². The quantitative estimate of drug-likeness (QED) is 0.461. The van der Waals surface area contributed by atoms with Crippen molar-refractivity contribution in [2.45, 2.75) is 13.8 Å². The lowest BCUT2D eigenvalue weighted by atomic mass is 10.1. The minimum atomic E-state index is -0.375. The Hall–Kier alpha value is -3.36. The van der Waals surface area contributed by atoms with Crippen LogP contribution in [0, 0.1) is 5.92 Å². The highest BCUT2D eigenvalue weighted by Gasteiger charge is 2.24. The molecule has 3 aromatic carbocycles. The molecule has 0 radical (unpaired) electrons. The van der Waals surface area contributed by atoms with Gasteiger partial charge in [0.2, 0.25) is 5.91 Å². The van der Waals surface area contributed by atoms with Crippen LogP contribution in [-0.4, -0.2) is 55.1 Å². The number of methoxy groups -OCH3 is 1. The van der Waals surface area contributed by atoms with Crippen molar-refractivity contribution >= 4 is 62.9 Å². The lowest BCUT2D eigenvalue weighted by molar-refractivity contribution is -0.134. The molecule has 2 N–H and O–H groups in total. The summed E-state index contributed by atoms with van der Waals surface area (Å²) in [5.41, 5.74) is 1.97. The number of rotatable bonds is 5. The number of piperazine rings is 1. The lowest BCUT2D eigenvalue weighted by Crippen LogP contribution is -2.50. The van der Waals surface area contributed by atoms with Gasteiger partial charge in [0.1, 0.15) is 5.75 Å². The summed E-state index contributed by atoms with van der Waals surface area (Å²) in [5, 5.41) is 8.47. The zero-order valence-electron chi connectivity index (χ0n) is 20.5. The molecule has 4 rings (SSSR count). The van der Waals surface area contributed by atoms with Crippen LogP contribution < -0.4 is 20.3 Å². The molecule has 9 heteroatoms. The zero-order valence-corrected chi connectivity index (χ0v) is 22.1. The lowest BCUT2D eigenvalue weighted by Gasteiger charge is -2.37. The Kier molecular flexibility index (Phi) is 7.96. The summed E-state index contributed by atoms with van der Waals surface area (Å²) >= 11 is 11.8. The fourth-order valence-electron chi connectivity index (χ4n) is 4.31. The molecule has 1 aliphatic heterocycles. The van der Waals surface area contributed by atoms with Crippen LogP contribution in [0.25, 0.3) is 10.8 Å². The van der Waals surface area contributed by atoms with Crippen molar-refractivity contribution in [1.82, 2.24) is 10.2 Å². The van der Waals surface area contributed by atoms with Gasteiger partial charge in [0.05, 0.1) is 24.0 Å². The highest BCUT2D eigenvalue weighted by molar-refractivity contribution is 7.80. The molecule has 0 atom stereocenters. The first-order valence-electron chi connectivity index (χ1n) is 11.8. The topological polar surface area (TPSA) is 73.9 Å². The maximum Gasteiger partial charge on any atom is 0.261 e. The van der Waals surface area contributed by atoms with Crippen molar-refractivity contribution < 1.29 is 14.3 Å². The summed E-state index contributed by atoms with van der Waals surface area (Å²) < 4.78 is 5.45. The van der Waals surface area contributed by atoms with Gasteiger partial charge in [-0.05, 0) is 53.3 Å². The van der Waals surface area contributed by atoms with Crippen LogP contribution >= 0.6 is 23.8 Å². The highest BCUT2D eigenvalue weighted by atomic mass is 35.5. The van der Waals surface area contributed by atoms with Gasteiger partial charge < -0.3 is 19.9 Å². The fourth-order valence-corrected chi connectivity index (χ4v) is 4.68. The number of nitrogens with zero attached hydrogens (tertiary/aromatic N) is 2. The number of hydrogen-bond acceptors (Lipinski definition) is 5. The summed E-state index contributed by atoms with van der Waals surface area (Å²) in [4.78, 5) is 29.5. The summed E-state index contributed by atoms with van der Waals surface area (Å²) in [7, 11) is 1.53. The molecule has 1 saturated heterocycles. The zero-order chi connectivity index (χ0) is 25.8. The Balaban J connectivity index is 1.48. The van der Waals surface area contributed by atoms with E-state index in [9.17, 15) is 9.59 Å². The first-order chi connectivity index (χ1) is 17.3. The van der Waals surface area contributed by atoms with E-state index in [0.29, 0.717) is 48.2 Å². The number of thiocarbonyl (C=S) groups is 1. The average molecular weight is 525 g/mol. The van der Waals surface area contributed by atoms with Gasteiger partial charge in [-0.2, -0.15) is 0 Å². The summed E-state index contributed by atoms with van der Waals surface area (Å²) in [6.45, 7) is 6.48. The molecule has 3 aromatic rings. The normalized spacial score (nSPS) is 13.6. The molecule has 7 nitrogen and oxygen atoms in total. The molecule has 0 aromatic heterocycles. The number of hydrogen-bond donors (Lipinski definition) is 2. The number of carbonyl (C=O) groups is 2. The van der Waals surface area contributed by atoms with E-state index in [4.69, 9.17) is 28.6 Å².